The fraction of sp³-hybridized carbons (Fsp3) is 0.261. The van der Waals surface area contributed by atoms with Crippen LogP contribution in [0.15, 0.2) is 65.4 Å². The lowest BCUT2D eigenvalue weighted by Crippen LogP contribution is -2.54. The zero-order valence-electron chi connectivity index (χ0n) is 17.4. The van der Waals surface area contributed by atoms with Gasteiger partial charge in [-0.15, -0.1) is 0 Å². The van der Waals surface area contributed by atoms with Gasteiger partial charge >= 0.3 is 0 Å². The summed E-state index contributed by atoms with van der Waals surface area (Å²) >= 11 is 3.48. The van der Waals surface area contributed by atoms with E-state index in [1.54, 1.807) is 7.11 Å². The summed E-state index contributed by atoms with van der Waals surface area (Å²) in [5, 5.41) is 0. The number of methoxy groups -OCH3 is 1. The molecule has 1 unspecified atom stereocenters. The molecule has 8 heteroatoms. The van der Waals surface area contributed by atoms with E-state index in [0.717, 1.165) is 16.0 Å². The number of piperazine rings is 1. The fourth-order valence-corrected chi connectivity index (χ4v) is 4.03. The highest BCUT2D eigenvalue weighted by Crippen LogP contribution is 2.26. The van der Waals surface area contributed by atoms with Crippen molar-refractivity contribution >= 4 is 27.7 Å². The highest BCUT2D eigenvalue weighted by molar-refractivity contribution is 9.10. The highest BCUT2D eigenvalue weighted by atomic mass is 79.9. The number of carbonyl (C=O) groups is 1. The summed E-state index contributed by atoms with van der Waals surface area (Å²) in [7, 11) is 1.62. The smallest absolute Gasteiger partial charge is 0.255 e. The van der Waals surface area contributed by atoms with Gasteiger partial charge in [0.2, 0.25) is 5.88 Å². The molecule has 0 saturated carbocycles. The van der Waals surface area contributed by atoms with Crippen LogP contribution in [0.4, 0.5) is 5.82 Å². The molecule has 1 aliphatic heterocycles. The quantitative estimate of drug-likeness (QED) is 0.537. The van der Waals surface area contributed by atoms with E-state index < -0.39 is 0 Å². The molecular weight excluding hydrogens is 460 g/mol. The molecular formula is C23H23BrN4O3. The molecule has 1 aromatic heterocycles. The van der Waals surface area contributed by atoms with Gasteiger partial charge < -0.3 is 19.3 Å². The Kier molecular flexibility index (Phi) is 6.36. The number of anilines is 1. The van der Waals surface area contributed by atoms with Gasteiger partial charge in [-0.3, -0.25) is 4.79 Å². The molecule has 2 heterocycles. The number of ether oxygens (including phenoxy) is 2. The third kappa shape index (κ3) is 4.80. The van der Waals surface area contributed by atoms with Crippen molar-refractivity contribution in [1.82, 2.24) is 14.9 Å². The van der Waals surface area contributed by atoms with Gasteiger partial charge in [-0.1, -0.05) is 12.1 Å². The molecule has 160 valence electrons. The first-order valence-electron chi connectivity index (χ1n) is 9.99. The van der Waals surface area contributed by atoms with Gasteiger partial charge in [-0.05, 0) is 59.3 Å². The molecule has 1 atom stereocenters. The minimum Gasteiger partial charge on any atom is -0.497 e. The van der Waals surface area contributed by atoms with Crippen LogP contribution in [-0.2, 0) is 0 Å². The Bertz CT molecular complexity index is 1060. The lowest BCUT2D eigenvalue weighted by atomic mass is 10.1. The van der Waals surface area contributed by atoms with Crippen molar-refractivity contribution in [2.24, 2.45) is 0 Å². The Hall–Kier alpha value is -3.13. The monoisotopic (exact) mass is 482 g/mol. The van der Waals surface area contributed by atoms with E-state index in [-0.39, 0.29) is 11.9 Å². The van der Waals surface area contributed by atoms with Gasteiger partial charge in [0.25, 0.3) is 5.91 Å². The van der Waals surface area contributed by atoms with Crippen molar-refractivity contribution in [3.63, 3.8) is 0 Å². The van der Waals surface area contributed by atoms with Crippen molar-refractivity contribution in [2.75, 3.05) is 31.6 Å². The van der Waals surface area contributed by atoms with Gasteiger partial charge in [0.1, 0.15) is 23.6 Å². The largest absolute Gasteiger partial charge is 0.497 e. The first-order chi connectivity index (χ1) is 15.0. The summed E-state index contributed by atoms with van der Waals surface area (Å²) < 4.78 is 11.8. The number of amides is 1. The number of benzene rings is 2. The first-order valence-corrected chi connectivity index (χ1v) is 10.8. The van der Waals surface area contributed by atoms with Crippen molar-refractivity contribution < 1.29 is 14.3 Å². The summed E-state index contributed by atoms with van der Waals surface area (Å²) in [5.74, 6) is 2.71. The van der Waals surface area contributed by atoms with Gasteiger partial charge in [-0.2, -0.15) is 0 Å². The number of rotatable bonds is 5. The maximum absolute atomic E-state index is 13.0. The van der Waals surface area contributed by atoms with E-state index in [2.05, 4.69) is 37.7 Å². The molecule has 0 bridgehead atoms. The third-order valence-corrected chi connectivity index (χ3v) is 5.92. The van der Waals surface area contributed by atoms with Crippen LogP contribution >= 0.6 is 15.9 Å². The predicted molar refractivity (Wildman–Crippen MR) is 122 cm³/mol. The zero-order valence-corrected chi connectivity index (χ0v) is 18.9. The molecule has 0 spiro atoms. The second-order valence-corrected chi connectivity index (χ2v) is 8.12. The second kappa shape index (κ2) is 9.34. The van der Waals surface area contributed by atoms with Crippen LogP contribution in [0.3, 0.4) is 0 Å². The minimum absolute atomic E-state index is 0.0332. The summed E-state index contributed by atoms with van der Waals surface area (Å²) in [5.41, 5.74) is 0.681. The predicted octanol–water partition coefficient (Wildman–Crippen LogP) is 4.39. The molecule has 3 aromatic rings. The van der Waals surface area contributed by atoms with Gasteiger partial charge in [0.05, 0.1) is 12.7 Å². The molecule has 1 aliphatic rings. The van der Waals surface area contributed by atoms with Crippen molar-refractivity contribution in [1.29, 1.82) is 0 Å². The lowest BCUT2D eigenvalue weighted by Gasteiger charge is -2.40. The molecule has 0 radical (unpaired) electrons. The molecule has 1 amide bonds. The number of hydrogen-bond acceptors (Lipinski definition) is 6. The molecule has 31 heavy (non-hydrogen) atoms. The maximum atomic E-state index is 13.0. The average molecular weight is 483 g/mol. The first kappa shape index (κ1) is 21.1. The topological polar surface area (TPSA) is 67.8 Å². The van der Waals surface area contributed by atoms with Crippen LogP contribution in [0.5, 0.6) is 17.4 Å². The normalized spacial score (nSPS) is 16.2. The summed E-state index contributed by atoms with van der Waals surface area (Å²) in [4.78, 5) is 25.7. The molecule has 1 saturated heterocycles. The van der Waals surface area contributed by atoms with Crippen LogP contribution in [0.25, 0.3) is 0 Å². The standard InChI is InChI=1S/C23H23BrN4O3/c1-16-14-27(11-12-28(16)23(29)19-5-3-4-6-20(19)24)21-13-22(26-15-25-21)31-18-9-7-17(30-2)8-10-18/h3-10,13,15-16H,11-12,14H2,1-2H3. The van der Waals surface area contributed by atoms with Gasteiger partial charge in [0.15, 0.2) is 0 Å². The number of aromatic nitrogens is 2. The van der Waals surface area contributed by atoms with Crippen LogP contribution in [0.2, 0.25) is 0 Å². The Morgan fingerprint density at radius 1 is 1.06 bits per heavy atom. The lowest BCUT2D eigenvalue weighted by molar-refractivity contribution is 0.0672. The molecule has 0 N–H and O–H groups in total. The number of nitrogens with zero attached hydrogens (tertiary/aromatic N) is 4. The molecule has 1 fully saturated rings. The molecule has 4 rings (SSSR count). The van der Waals surface area contributed by atoms with Crippen LogP contribution in [0, 0.1) is 0 Å². The number of hydrogen-bond donors (Lipinski definition) is 0. The SMILES string of the molecule is COc1ccc(Oc2cc(N3CCN(C(=O)c4ccccc4Br)C(C)C3)ncn2)cc1. The van der Waals surface area contributed by atoms with E-state index >= 15 is 0 Å². The van der Waals surface area contributed by atoms with Crippen molar-refractivity contribution in [3.8, 4) is 17.4 Å². The second-order valence-electron chi connectivity index (χ2n) is 7.27. The minimum atomic E-state index is 0.0332. The highest BCUT2D eigenvalue weighted by Gasteiger charge is 2.29. The van der Waals surface area contributed by atoms with E-state index in [9.17, 15) is 4.79 Å². The van der Waals surface area contributed by atoms with Crippen LogP contribution in [0.1, 0.15) is 17.3 Å². The van der Waals surface area contributed by atoms with E-state index in [1.807, 2.05) is 59.5 Å². The summed E-state index contributed by atoms with van der Waals surface area (Å²) in [6.07, 6.45) is 1.50. The third-order valence-electron chi connectivity index (χ3n) is 5.23. The number of carbonyl (C=O) groups excluding carboxylic acids is 1. The van der Waals surface area contributed by atoms with Crippen molar-refractivity contribution in [2.45, 2.75) is 13.0 Å². The van der Waals surface area contributed by atoms with Crippen LogP contribution < -0.4 is 14.4 Å². The van der Waals surface area contributed by atoms with E-state index in [1.165, 1.54) is 6.33 Å². The summed E-state index contributed by atoms with van der Waals surface area (Å²) in [6, 6.07) is 16.7. The molecule has 7 nitrogen and oxygen atoms in total. The fourth-order valence-electron chi connectivity index (χ4n) is 3.58. The Morgan fingerprint density at radius 2 is 1.81 bits per heavy atom. The van der Waals surface area contributed by atoms with Crippen LogP contribution in [-0.4, -0.2) is 53.6 Å². The zero-order chi connectivity index (χ0) is 21.8. The van der Waals surface area contributed by atoms with Gasteiger partial charge in [-0.25, -0.2) is 9.97 Å². The van der Waals surface area contributed by atoms with E-state index in [4.69, 9.17) is 9.47 Å². The molecule has 2 aromatic carbocycles. The Labute approximate surface area is 189 Å². The summed E-state index contributed by atoms with van der Waals surface area (Å²) in [6.45, 7) is 4.02. The van der Waals surface area contributed by atoms with Crippen molar-refractivity contribution in [3.05, 3.63) is 71.0 Å². The van der Waals surface area contributed by atoms with E-state index in [0.29, 0.717) is 36.8 Å². The van der Waals surface area contributed by atoms with Gasteiger partial charge in [0, 0.05) is 36.2 Å². The maximum Gasteiger partial charge on any atom is 0.255 e. The molecule has 0 aliphatic carbocycles. The Balaban J connectivity index is 1.43. The number of halogens is 1. The Morgan fingerprint density at radius 3 is 2.52 bits per heavy atom. The average Bonchev–Trinajstić information content (AvgIpc) is 2.79.